The minimum absolute atomic E-state index is 0. The molecule has 1 aliphatic heterocycles. The first-order valence-corrected chi connectivity index (χ1v) is 5.83. The van der Waals surface area contributed by atoms with Crippen molar-refractivity contribution >= 4 is 18.1 Å². The van der Waals surface area contributed by atoms with Gasteiger partial charge in [0, 0.05) is 13.1 Å². The Balaban J connectivity index is 0.00000120. The zero-order valence-corrected chi connectivity index (χ0v) is 11.1. The number of hydrogen-bond acceptors (Lipinski definition) is 2. The third-order valence-corrected chi connectivity index (χ3v) is 3.27. The first-order valence-electron chi connectivity index (χ1n) is 5.83. The molecule has 0 unspecified atom stereocenters. The van der Waals surface area contributed by atoms with Crippen LogP contribution in [-0.2, 0) is 13.1 Å². The molecule has 2 aromatic carbocycles. The van der Waals surface area contributed by atoms with Crippen molar-refractivity contribution in [2.75, 3.05) is 12.0 Å². The van der Waals surface area contributed by atoms with Crippen LogP contribution in [0.2, 0.25) is 0 Å². The average Bonchev–Trinajstić information content (AvgIpc) is 2.82. The maximum absolute atomic E-state index is 5.41. The van der Waals surface area contributed by atoms with Crippen molar-refractivity contribution in [2.24, 2.45) is 0 Å². The van der Waals surface area contributed by atoms with E-state index in [1.165, 1.54) is 16.8 Å². The fraction of sp³-hybridized carbons (Fsp3) is 0.200. The van der Waals surface area contributed by atoms with Crippen LogP contribution >= 0.6 is 12.4 Å². The number of halogens is 1. The van der Waals surface area contributed by atoms with Crippen LogP contribution in [0.25, 0.3) is 0 Å². The lowest BCUT2D eigenvalue weighted by Gasteiger charge is -2.20. The van der Waals surface area contributed by atoms with E-state index in [-0.39, 0.29) is 12.4 Å². The Morgan fingerprint density at radius 3 is 2.06 bits per heavy atom. The predicted molar refractivity (Wildman–Crippen MR) is 76.6 cm³/mol. The molecule has 0 fully saturated rings. The molecule has 0 spiro atoms. The Morgan fingerprint density at radius 1 is 0.889 bits per heavy atom. The van der Waals surface area contributed by atoms with E-state index in [1.807, 2.05) is 12.1 Å². The van der Waals surface area contributed by atoms with Gasteiger partial charge in [-0.2, -0.15) is 0 Å². The topological polar surface area (TPSA) is 12.5 Å². The lowest BCUT2D eigenvalue weighted by molar-refractivity contribution is 0.414. The fourth-order valence-electron chi connectivity index (χ4n) is 2.39. The largest absolute Gasteiger partial charge is 0.495 e. The Morgan fingerprint density at radius 2 is 1.44 bits per heavy atom. The highest BCUT2D eigenvalue weighted by Crippen LogP contribution is 2.34. The quantitative estimate of drug-likeness (QED) is 0.818. The van der Waals surface area contributed by atoms with Crippen molar-refractivity contribution in [1.29, 1.82) is 0 Å². The molecule has 0 saturated heterocycles. The number of para-hydroxylation sites is 2. The van der Waals surface area contributed by atoms with Gasteiger partial charge in [-0.05, 0) is 23.3 Å². The highest BCUT2D eigenvalue weighted by Gasteiger charge is 2.20. The molecule has 0 atom stereocenters. The summed E-state index contributed by atoms with van der Waals surface area (Å²) in [5, 5.41) is 0. The number of benzene rings is 2. The molecule has 2 nitrogen and oxygen atoms in total. The smallest absolute Gasteiger partial charge is 0.142 e. The van der Waals surface area contributed by atoms with E-state index in [0.717, 1.165) is 18.8 Å². The van der Waals surface area contributed by atoms with Crippen molar-refractivity contribution in [3.8, 4) is 5.75 Å². The summed E-state index contributed by atoms with van der Waals surface area (Å²) in [7, 11) is 1.72. The van der Waals surface area contributed by atoms with Crippen LogP contribution in [0, 0.1) is 0 Å². The molecule has 0 radical (unpaired) electrons. The van der Waals surface area contributed by atoms with Gasteiger partial charge in [-0.3, -0.25) is 0 Å². The molecule has 0 amide bonds. The van der Waals surface area contributed by atoms with Crippen LogP contribution in [0.15, 0.2) is 48.5 Å². The fourth-order valence-corrected chi connectivity index (χ4v) is 2.39. The van der Waals surface area contributed by atoms with Crippen molar-refractivity contribution < 1.29 is 4.74 Å². The van der Waals surface area contributed by atoms with E-state index >= 15 is 0 Å². The summed E-state index contributed by atoms with van der Waals surface area (Å²) < 4.78 is 5.41. The van der Waals surface area contributed by atoms with Gasteiger partial charge >= 0.3 is 0 Å². The highest BCUT2D eigenvalue weighted by atomic mass is 35.5. The number of hydrogen-bond donors (Lipinski definition) is 0. The number of nitrogens with zero attached hydrogens (tertiary/aromatic N) is 1. The van der Waals surface area contributed by atoms with Crippen LogP contribution < -0.4 is 9.64 Å². The number of fused-ring (bicyclic) bond motifs is 1. The van der Waals surface area contributed by atoms with E-state index < -0.39 is 0 Å². The lowest BCUT2D eigenvalue weighted by atomic mass is 10.1. The van der Waals surface area contributed by atoms with E-state index in [0.29, 0.717) is 0 Å². The molecule has 0 aliphatic carbocycles. The van der Waals surface area contributed by atoms with Crippen molar-refractivity contribution in [3.63, 3.8) is 0 Å². The van der Waals surface area contributed by atoms with Gasteiger partial charge in [-0.1, -0.05) is 36.4 Å². The summed E-state index contributed by atoms with van der Waals surface area (Å²) in [6.07, 6.45) is 0. The summed E-state index contributed by atoms with van der Waals surface area (Å²) in [6.45, 7) is 1.94. The zero-order chi connectivity index (χ0) is 11.7. The van der Waals surface area contributed by atoms with Gasteiger partial charge in [-0.15, -0.1) is 12.4 Å². The van der Waals surface area contributed by atoms with E-state index in [2.05, 4.69) is 41.3 Å². The van der Waals surface area contributed by atoms with Crippen molar-refractivity contribution in [1.82, 2.24) is 0 Å². The molecule has 3 rings (SSSR count). The van der Waals surface area contributed by atoms with Crippen LogP contribution in [0.3, 0.4) is 0 Å². The lowest BCUT2D eigenvalue weighted by Crippen LogP contribution is -2.15. The first kappa shape index (κ1) is 12.8. The molecule has 0 bridgehead atoms. The summed E-state index contributed by atoms with van der Waals surface area (Å²) in [5.41, 5.74) is 4.00. The highest BCUT2D eigenvalue weighted by molar-refractivity contribution is 5.85. The van der Waals surface area contributed by atoms with Crippen molar-refractivity contribution in [2.45, 2.75) is 13.1 Å². The molecule has 94 valence electrons. The monoisotopic (exact) mass is 261 g/mol. The molecule has 1 aliphatic rings. The summed E-state index contributed by atoms with van der Waals surface area (Å²) in [5.74, 6) is 0.945. The average molecular weight is 262 g/mol. The molecule has 1 heterocycles. The van der Waals surface area contributed by atoms with Gasteiger partial charge in [0.15, 0.2) is 0 Å². The molecular formula is C15H16ClNO. The Bertz CT molecular complexity index is 517. The molecule has 0 aromatic heterocycles. The first-order chi connectivity index (χ1) is 8.38. The van der Waals surface area contributed by atoms with Gasteiger partial charge < -0.3 is 9.64 Å². The van der Waals surface area contributed by atoms with E-state index in [9.17, 15) is 0 Å². The third kappa shape index (κ3) is 2.16. The predicted octanol–water partition coefficient (Wildman–Crippen LogP) is 3.64. The second-order valence-electron chi connectivity index (χ2n) is 4.30. The van der Waals surface area contributed by atoms with Crippen LogP contribution in [0.4, 0.5) is 5.69 Å². The number of anilines is 1. The molecule has 0 saturated carbocycles. The summed E-state index contributed by atoms with van der Waals surface area (Å²) in [6, 6.07) is 16.8. The maximum atomic E-state index is 5.41. The minimum atomic E-state index is 0. The van der Waals surface area contributed by atoms with Gasteiger partial charge in [0.1, 0.15) is 5.75 Å². The molecule has 3 heteroatoms. The maximum Gasteiger partial charge on any atom is 0.142 e. The minimum Gasteiger partial charge on any atom is -0.495 e. The van der Waals surface area contributed by atoms with Gasteiger partial charge in [0.2, 0.25) is 0 Å². The van der Waals surface area contributed by atoms with Gasteiger partial charge in [-0.25, -0.2) is 0 Å². The molecular weight excluding hydrogens is 246 g/mol. The third-order valence-electron chi connectivity index (χ3n) is 3.27. The number of methoxy groups -OCH3 is 1. The second-order valence-corrected chi connectivity index (χ2v) is 4.30. The normalized spacial score (nSPS) is 12.8. The van der Waals surface area contributed by atoms with E-state index in [1.54, 1.807) is 7.11 Å². The molecule has 2 aromatic rings. The second kappa shape index (κ2) is 5.32. The Labute approximate surface area is 114 Å². The van der Waals surface area contributed by atoms with Gasteiger partial charge in [0.05, 0.1) is 12.8 Å². The standard InChI is InChI=1S/C15H15NO.ClH/c1-17-15-9-5-4-8-14(15)16-10-12-6-2-3-7-13(12)11-16;/h2-9H,10-11H2,1H3;1H. The molecule has 0 N–H and O–H groups in total. The van der Waals surface area contributed by atoms with Crippen molar-refractivity contribution in [3.05, 3.63) is 59.7 Å². The molecule has 18 heavy (non-hydrogen) atoms. The van der Waals surface area contributed by atoms with E-state index in [4.69, 9.17) is 4.74 Å². The Hall–Kier alpha value is -1.67. The SMILES string of the molecule is COc1ccccc1N1Cc2ccccc2C1.Cl. The number of rotatable bonds is 2. The number of ether oxygens (including phenoxy) is 1. The Kier molecular flexibility index (Phi) is 3.78. The summed E-state index contributed by atoms with van der Waals surface area (Å²) in [4.78, 5) is 2.35. The zero-order valence-electron chi connectivity index (χ0n) is 10.3. The van der Waals surface area contributed by atoms with Crippen LogP contribution in [0.5, 0.6) is 5.75 Å². The van der Waals surface area contributed by atoms with Crippen LogP contribution in [-0.4, -0.2) is 7.11 Å². The van der Waals surface area contributed by atoms with Crippen LogP contribution in [0.1, 0.15) is 11.1 Å². The summed E-state index contributed by atoms with van der Waals surface area (Å²) >= 11 is 0. The van der Waals surface area contributed by atoms with Gasteiger partial charge in [0.25, 0.3) is 0 Å².